The molecule has 0 saturated carbocycles. The first kappa shape index (κ1) is 35.9. The molecule has 1 atom stereocenters. The number of amides is 2. The Balaban J connectivity index is 0.00000562. The Hall–Kier alpha value is -4.43. The van der Waals surface area contributed by atoms with Crippen LogP contribution in [-0.4, -0.2) is 103 Å². The number of alkyl halides is 3. The highest BCUT2D eigenvalue weighted by Crippen LogP contribution is 2.34. The van der Waals surface area contributed by atoms with E-state index in [1.54, 1.807) is 17.2 Å². The summed E-state index contributed by atoms with van der Waals surface area (Å²) >= 11 is 0. The van der Waals surface area contributed by atoms with Crippen molar-refractivity contribution in [1.82, 2.24) is 19.8 Å². The van der Waals surface area contributed by atoms with Crippen molar-refractivity contribution in [2.24, 2.45) is 0 Å². The first-order chi connectivity index (χ1) is 23.2. The molecule has 2 aromatic heterocycles. The van der Waals surface area contributed by atoms with Gasteiger partial charge < -0.3 is 29.3 Å². The fourth-order valence-corrected chi connectivity index (χ4v) is 5.76. The van der Waals surface area contributed by atoms with Crippen LogP contribution in [0.3, 0.4) is 0 Å². The summed E-state index contributed by atoms with van der Waals surface area (Å²) in [5.41, 5.74) is 1.68. The lowest BCUT2D eigenvalue weighted by Gasteiger charge is -2.40. The van der Waals surface area contributed by atoms with Gasteiger partial charge in [0.25, 0.3) is 5.91 Å². The third-order valence-corrected chi connectivity index (χ3v) is 8.28. The third kappa shape index (κ3) is 9.38. The van der Waals surface area contributed by atoms with Crippen molar-refractivity contribution < 1.29 is 38.4 Å². The van der Waals surface area contributed by atoms with Crippen LogP contribution in [0.5, 0.6) is 5.88 Å². The molecule has 2 saturated heterocycles. The van der Waals surface area contributed by atoms with Crippen molar-refractivity contribution in [3.8, 4) is 17.0 Å². The number of aromatic nitrogens is 2. The van der Waals surface area contributed by atoms with Crippen molar-refractivity contribution in [3.63, 3.8) is 0 Å². The number of halogens is 3. The Morgan fingerprint density at radius 2 is 1.80 bits per heavy atom. The van der Waals surface area contributed by atoms with Crippen LogP contribution in [0, 0.1) is 6.92 Å². The van der Waals surface area contributed by atoms with Crippen LogP contribution >= 0.6 is 0 Å². The Kier molecular flexibility index (Phi) is 11.0. The van der Waals surface area contributed by atoms with E-state index in [-0.39, 0.29) is 19.1 Å². The Morgan fingerprint density at radius 1 is 1.04 bits per heavy atom. The zero-order valence-electron chi connectivity index (χ0n) is 28.5. The summed E-state index contributed by atoms with van der Waals surface area (Å²) < 4.78 is 57.0. The molecule has 1 unspecified atom stereocenters. The highest BCUT2D eigenvalue weighted by molar-refractivity contribution is 6.04. The normalized spacial score (nSPS) is 17.5. The van der Waals surface area contributed by atoms with E-state index < -0.39 is 23.2 Å². The number of rotatable bonds is 8. The van der Waals surface area contributed by atoms with E-state index in [0.717, 1.165) is 23.4 Å². The molecule has 4 heterocycles. The summed E-state index contributed by atoms with van der Waals surface area (Å²) in [4.78, 5) is 40.8. The standard InChI is InChI=1S/C35H43F3N6O5.H2/c1-23-22-42(9-10-44(23)33(46)49-34(3,4)5)11-16-48-32-30(43-12-14-47-15-13-43)18-26(20-40-32)29-19-28(21-39-24(29)2)41-31(45)25-7-6-8-27(17-25)35(36,37)38;/h6-8,17-21,23H,9-16,22H2,1-5H3,(H,41,45);1H. The number of nitrogens with one attached hydrogen (secondary N) is 1. The van der Waals surface area contributed by atoms with E-state index in [1.165, 1.54) is 18.3 Å². The molecule has 0 aliphatic carbocycles. The van der Waals surface area contributed by atoms with Crippen molar-refractivity contribution in [1.29, 1.82) is 0 Å². The maximum absolute atomic E-state index is 13.2. The largest absolute Gasteiger partial charge is 0.475 e. The van der Waals surface area contributed by atoms with Crippen LogP contribution in [0.2, 0.25) is 0 Å². The first-order valence-electron chi connectivity index (χ1n) is 16.3. The van der Waals surface area contributed by atoms with Crippen molar-refractivity contribution in [3.05, 3.63) is 65.6 Å². The van der Waals surface area contributed by atoms with Crippen LogP contribution in [0.1, 0.15) is 50.7 Å². The number of carbonyl (C=O) groups is 2. The van der Waals surface area contributed by atoms with Crippen LogP contribution in [-0.2, 0) is 15.7 Å². The zero-order valence-corrected chi connectivity index (χ0v) is 28.5. The van der Waals surface area contributed by atoms with Gasteiger partial charge in [0.2, 0.25) is 5.88 Å². The number of hydrogen-bond donors (Lipinski definition) is 1. The maximum Gasteiger partial charge on any atom is 0.416 e. The monoisotopic (exact) mass is 686 g/mol. The van der Waals surface area contributed by atoms with Crippen LogP contribution < -0.4 is 15.0 Å². The predicted octanol–water partition coefficient (Wildman–Crippen LogP) is 6.13. The molecule has 3 aromatic rings. The van der Waals surface area contributed by atoms with Gasteiger partial charge in [0.05, 0.1) is 30.7 Å². The van der Waals surface area contributed by atoms with Crippen molar-refractivity contribution >= 4 is 23.4 Å². The van der Waals surface area contributed by atoms with E-state index in [4.69, 9.17) is 19.2 Å². The maximum atomic E-state index is 13.2. The van der Waals surface area contributed by atoms with Gasteiger partial charge in [0, 0.05) is 75.3 Å². The molecular formula is C35H45F3N6O5. The number of benzene rings is 1. The second-order valence-corrected chi connectivity index (χ2v) is 13.2. The van der Waals surface area contributed by atoms with Gasteiger partial charge in [0.1, 0.15) is 17.9 Å². The second-order valence-electron chi connectivity index (χ2n) is 13.2. The fourth-order valence-electron chi connectivity index (χ4n) is 5.76. The number of hydrogen-bond acceptors (Lipinski definition) is 9. The molecule has 14 heteroatoms. The fraction of sp³-hybridized carbons (Fsp3) is 0.486. The molecule has 1 aromatic carbocycles. The Labute approximate surface area is 285 Å². The minimum Gasteiger partial charge on any atom is -0.475 e. The van der Waals surface area contributed by atoms with Gasteiger partial charge in [-0.15, -0.1) is 0 Å². The second kappa shape index (κ2) is 15.0. The first-order valence-corrected chi connectivity index (χ1v) is 16.3. The molecule has 266 valence electrons. The minimum absolute atomic E-state index is 0. The predicted molar refractivity (Wildman–Crippen MR) is 181 cm³/mol. The van der Waals surface area contributed by atoms with E-state index in [2.05, 4.69) is 20.1 Å². The lowest BCUT2D eigenvalue weighted by atomic mass is 10.0. The minimum atomic E-state index is -4.56. The number of ether oxygens (including phenoxy) is 3. The molecule has 1 N–H and O–H groups in total. The number of aryl methyl sites for hydroxylation is 1. The van der Waals surface area contributed by atoms with Gasteiger partial charge in [-0.2, -0.15) is 13.2 Å². The van der Waals surface area contributed by atoms with Crippen molar-refractivity contribution in [2.75, 3.05) is 69.3 Å². The summed E-state index contributed by atoms with van der Waals surface area (Å²) in [6.45, 7) is 14.8. The van der Waals surface area contributed by atoms with Gasteiger partial charge >= 0.3 is 12.3 Å². The molecule has 0 spiro atoms. The quantitative estimate of drug-likeness (QED) is 0.300. The van der Waals surface area contributed by atoms with Gasteiger partial charge in [-0.3, -0.25) is 14.7 Å². The molecule has 5 rings (SSSR count). The van der Waals surface area contributed by atoms with Gasteiger partial charge in [0.15, 0.2) is 0 Å². The number of morpholine rings is 1. The summed E-state index contributed by atoms with van der Waals surface area (Å²) in [6, 6.07) is 7.96. The summed E-state index contributed by atoms with van der Waals surface area (Å²) in [6.07, 6.45) is -1.72. The van der Waals surface area contributed by atoms with E-state index in [0.29, 0.717) is 81.9 Å². The molecule has 49 heavy (non-hydrogen) atoms. The SMILES string of the molecule is Cc1ncc(NC(=O)c2cccc(C(F)(F)F)c2)cc1-c1cnc(OCCN2CCN(C(=O)OC(C)(C)C)C(C)C2)c(N2CCOCC2)c1.[HH]. The summed E-state index contributed by atoms with van der Waals surface area (Å²) in [5, 5.41) is 2.67. The zero-order chi connectivity index (χ0) is 35.3. The van der Waals surface area contributed by atoms with E-state index >= 15 is 0 Å². The highest BCUT2D eigenvalue weighted by atomic mass is 19.4. The van der Waals surface area contributed by atoms with Gasteiger partial charge in [-0.1, -0.05) is 6.07 Å². The Bertz CT molecular complexity index is 1650. The van der Waals surface area contributed by atoms with E-state index in [1.807, 2.05) is 40.7 Å². The third-order valence-electron chi connectivity index (χ3n) is 8.28. The molecule has 0 bridgehead atoms. The average Bonchev–Trinajstić information content (AvgIpc) is 3.05. The number of pyridine rings is 2. The molecule has 2 fully saturated rings. The number of piperazine rings is 1. The van der Waals surface area contributed by atoms with Gasteiger partial charge in [-0.25, -0.2) is 9.78 Å². The lowest BCUT2D eigenvalue weighted by molar-refractivity contribution is -0.137. The Morgan fingerprint density at radius 3 is 2.49 bits per heavy atom. The van der Waals surface area contributed by atoms with Crippen LogP contribution in [0.15, 0.2) is 48.8 Å². The number of anilines is 2. The smallest absolute Gasteiger partial charge is 0.416 e. The lowest BCUT2D eigenvalue weighted by Crippen LogP contribution is -2.55. The highest BCUT2D eigenvalue weighted by Gasteiger charge is 2.32. The van der Waals surface area contributed by atoms with E-state index in [9.17, 15) is 22.8 Å². The molecule has 0 radical (unpaired) electrons. The molecule has 11 nitrogen and oxygen atoms in total. The number of nitrogens with zero attached hydrogens (tertiary/aromatic N) is 5. The summed E-state index contributed by atoms with van der Waals surface area (Å²) in [7, 11) is 0. The van der Waals surface area contributed by atoms with Gasteiger partial charge in [-0.05, 0) is 65.0 Å². The average molecular weight is 687 g/mol. The topological polar surface area (TPSA) is 109 Å². The molecule has 2 aliphatic rings. The molecule has 2 amide bonds. The van der Waals surface area contributed by atoms with Crippen LogP contribution in [0.25, 0.3) is 11.1 Å². The molecular weight excluding hydrogens is 641 g/mol. The number of carbonyl (C=O) groups excluding carboxylic acids is 2. The van der Waals surface area contributed by atoms with Crippen molar-refractivity contribution in [2.45, 2.75) is 52.4 Å². The summed E-state index contributed by atoms with van der Waals surface area (Å²) in [5.74, 6) is -0.204. The molecule has 2 aliphatic heterocycles. The van der Waals surface area contributed by atoms with Crippen LogP contribution in [0.4, 0.5) is 29.3 Å².